The second-order valence-electron chi connectivity index (χ2n) is 5.14. The van der Waals surface area contributed by atoms with Crippen molar-refractivity contribution in [2.75, 3.05) is 6.61 Å². The van der Waals surface area contributed by atoms with Gasteiger partial charge in [0.05, 0.1) is 6.61 Å². The first-order valence-electron chi connectivity index (χ1n) is 6.71. The van der Waals surface area contributed by atoms with Crippen LogP contribution in [0.5, 0.6) is 5.75 Å². The Morgan fingerprint density at radius 2 is 2.05 bits per heavy atom. The number of carboxylic acids is 1. The molecule has 0 radical (unpaired) electrons. The van der Waals surface area contributed by atoms with Crippen LogP contribution in [0, 0.1) is 0 Å². The zero-order chi connectivity index (χ0) is 15.3. The molecule has 0 spiro atoms. The van der Waals surface area contributed by atoms with Gasteiger partial charge in [-0.05, 0) is 42.8 Å². The van der Waals surface area contributed by atoms with Gasteiger partial charge in [0.2, 0.25) is 0 Å². The molecule has 0 aliphatic rings. The first kappa shape index (κ1) is 15.0. The maximum Gasteiger partial charge on any atom is 0.331 e. The highest BCUT2D eigenvalue weighted by molar-refractivity contribution is 5.75. The third-order valence-corrected chi connectivity index (χ3v) is 3.14. The molecule has 7 heteroatoms. The molecular weight excluding hydrogens is 272 g/mol. The minimum atomic E-state index is -1.17. The number of carboxylic acid groups (broad SMARTS) is 1. The van der Waals surface area contributed by atoms with Crippen LogP contribution in [0.2, 0.25) is 0 Å². The minimum Gasteiger partial charge on any atom is -0.494 e. The van der Waals surface area contributed by atoms with Crippen molar-refractivity contribution < 1.29 is 14.6 Å². The number of rotatable bonds is 7. The third kappa shape index (κ3) is 3.56. The lowest BCUT2D eigenvalue weighted by Crippen LogP contribution is -2.38. The Labute approximate surface area is 122 Å². The number of para-hydroxylation sites is 1. The molecule has 0 saturated heterocycles. The number of aryl methyl sites for hydroxylation is 1. The van der Waals surface area contributed by atoms with Crippen molar-refractivity contribution in [3.05, 3.63) is 36.2 Å². The molecule has 7 nitrogen and oxygen atoms in total. The van der Waals surface area contributed by atoms with E-state index in [4.69, 9.17) is 4.74 Å². The maximum atomic E-state index is 11.2. The largest absolute Gasteiger partial charge is 0.494 e. The van der Waals surface area contributed by atoms with Crippen LogP contribution in [0.4, 0.5) is 0 Å². The highest BCUT2D eigenvalue weighted by atomic mass is 16.5. The molecule has 1 heterocycles. The van der Waals surface area contributed by atoms with Crippen LogP contribution < -0.4 is 4.74 Å². The van der Waals surface area contributed by atoms with Gasteiger partial charge in [-0.15, -0.1) is 5.10 Å². The summed E-state index contributed by atoms with van der Waals surface area (Å²) in [7, 11) is 0. The predicted octanol–water partition coefficient (Wildman–Crippen LogP) is 1.50. The first-order chi connectivity index (χ1) is 10.0. The van der Waals surface area contributed by atoms with E-state index in [1.54, 1.807) is 13.8 Å². The topological polar surface area (TPSA) is 90.1 Å². The lowest BCUT2D eigenvalue weighted by molar-refractivity contribution is -0.146. The number of nitrogens with zero attached hydrogens (tertiary/aromatic N) is 4. The molecule has 0 aliphatic carbocycles. The molecule has 0 fully saturated rings. The van der Waals surface area contributed by atoms with Crippen molar-refractivity contribution in [3.8, 4) is 5.75 Å². The summed E-state index contributed by atoms with van der Waals surface area (Å²) in [6.07, 6.45) is 1.25. The molecule has 1 aromatic carbocycles. The van der Waals surface area contributed by atoms with Gasteiger partial charge in [0.1, 0.15) is 5.75 Å². The number of aromatic nitrogens is 4. The second kappa shape index (κ2) is 6.34. The van der Waals surface area contributed by atoms with Gasteiger partial charge in [-0.3, -0.25) is 0 Å². The number of hydrogen-bond donors (Lipinski definition) is 1. The molecule has 2 rings (SSSR count). The fourth-order valence-electron chi connectivity index (χ4n) is 1.82. The summed E-state index contributed by atoms with van der Waals surface area (Å²) in [4.78, 5) is 11.2. The third-order valence-electron chi connectivity index (χ3n) is 3.14. The van der Waals surface area contributed by atoms with Gasteiger partial charge in [-0.2, -0.15) is 0 Å². The van der Waals surface area contributed by atoms with Gasteiger partial charge in [0.15, 0.2) is 11.4 Å². The summed E-state index contributed by atoms with van der Waals surface area (Å²) < 4.78 is 6.93. The molecule has 2 aromatic rings. The molecule has 0 unspecified atom stereocenters. The highest BCUT2D eigenvalue weighted by Gasteiger charge is 2.33. The summed E-state index contributed by atoms with van der Waals surface area (Å²) in [6.45, 7) is 3.65. The fraction of sp³-hybridized carbons (Fsp3) is 0.429. The van der Waals surface area contributed by atoms with Gasteiger partial charge in [-0.1, -0.05) is 18.2 Å². The Balaban J connectivity index is 1.90. The van der Waals surface area contributed by atoms with Crippen LogP contribution in [0.25, 0.3) is 0 Å². The fourth-order valence-corrected chi connectivity index (χ4v) is 1.82. The van der Waals surface area contributed by atoms with Crippen LogP contribution in [0.15, 0.2) is 30.3 Å². The van der Waals surface area contributed by atoms with Crippen LogP contribution >= 0.6 is 0 Å². The zero-order valence-electron chi connectivity index (χ0n) is 12.1. The van der Waals surface area contributed by atoms with E-state index in [-0.39, 0.29) is 0 Å². The van der Waals surface area contributed by atoms with Crippen LogP contribution in [0.3, 0.4) is 0 Å². The summed E-state index contributed by atoms with van der Waals surface area (Å²) in [5.41, 5.74) is -1.17. The summed E-state index contributed by atoms with van der Waals surface area (Å²) in [5.74, 6) is 0.374. The molecule has 21 heavy (non-hydrogen) atoms. The molecule has 112 valence electrons. The quantitative estimate of drug-likeness (QED) is 0.777. The van der Waals surface area contributed by atoms with Crippen molar-refractivity contribution in [1.82, 2.24) is 20.2 Å². The Morgan fingerprint density at radius 1 is 1.33 bits per heavy atom. The number of tetrazole rings is 1. The van der Waals surface area contributed by atoms with E-state index < -0.39 is 11.5 Å². The zero-order valence-corrected chi connectivity index (χ0v) is 12.1. The van der Waals surface area contributed by atoms with Gasteiger partial charge in [0.25, 0.3) is 0 Å². The van der Waals surface area contributed by atoms with Crippen LogP contribution in [-0.4, -0.2) is 37.9 Å². The lowest BCUT2D eigenvalue weighted by atomic mass is 10.1. The van der Waals surface area contributed by atoms with Gasteiger partial charge in [-0.25, -0.2) is 9.48 Å². The average Bonchev–Trinajstić information content (AvgIpc) is 2.93. The monoisotopic (exact) mass is 290 g/mol. The van der Waals surface area contributed by atoms with E-state index >= 15 is 0 Å². The molecule has 0 atom stereocenters. The number of hydrogen-bond acceptors (Lipinski definition) is 5. The van der Waals surface area contributed by atoms with E-state index in [0.29, 0.717) is 25.3 Å². The van der Waals surface area contributed by atoms with Crippen LogP contribution in [-0.2, 0) is 16.8 Å². The smallest absolute Gasteiger partial charge is 0.331 e. The SMILES string of the molecule is CC(C)(C(=O)O)n1nnnc1CCCOc1ccccc1. The van der Waals surface area contributed by atoms with Crippen LogP contribution in [0.1, 0.15) is 26.1 Å². The second-order valence-corrected chi connectivity index (χ2v) is 5.14. The van der Waals surface area contributed by atoms with Gasteiger partial charge < -0.3 is 9.84 Å². The number of ether oxygens (including phenoxy) is 1. The summed E-state index contributed by atoms with van der Waals surface area (Å²) >= 11 is 0. The Kier molecular flexibility index (Phi) is 4.52. The minimum absolute atomic E-state index is 0.518. The normalized spacial score (nSPS) is 11.3. The van der Waals surface area contributed by atoms with Crippen molar-refractivity contribution in [2.45, 2.75) is 32.2 Å². The van der Waals surface area contributed by atoms with Gasteiger partial charge in [0, 0.05) is 6.42 Å². The molecule has 0 aliphatic heterocycles. The first-order valence-corrected chi connectivity index (χ1v) is 6.71. The summed E-state index contributed by atoms with van der Waals surface area (Å²) in [5, 5.41) is 20.5. The highest BCUT2D eigenvalue weighted by Crippen LogP contribution is 2.16. The van der Waals surface area contributed by atoms with E-state index in [1.807, 2.05) is 30.3 Å². The predicted molar refractivity (Wildman–Crippen MR) is 75.0 cm³/mol. The molecule has 0 bridgehead atoms. The van der Waals surface area contributed by atoms with Crippen molar-refractivity contribution in [1.29, 1.82) is 0 Å². The van der Waals surface area contributed by atoms with E-state index in [0.717, 1.165) is 5.75 Å². The Hall–Kier alpha value is -2.44. The molecular formula is C14H18N4O3. The lowest BCUT2D eigenvalue weighted by Gasteiger charge is -2.20. The standard InChI is InChI=1S/C14H18N4O3/c1-14(2,13(19)20)18-12(15-16-17-18)9-6-10-21-11-7-4-3-5-8-11/h3-5,7-8H,6,9-10H2,1-2H3,(H,19,20). The van der Waals surface area contributed by atoms with Crippen molar-refractivity contribution in [2.24, 2.45) is 0 Å². The summed E-state index contributed by atoms with van der Waals surface area (Å²) in [6, 6.07) is 9.51. The maximum absolute atomic E-state index is 11.2. The average molecular weight is 290 g/mol. The van der Waals surface area contributed by atoms with E-state index in [2.05, 4.69) is 15.5 Å². The Morgan fingerprint density at radius 3 is 2.71 bits per heavy atom. The van der Waals surface area contributed by atoms with Crippen molar-refractivity contribution >= 4 is 5.97 Å². The van der Waals surface area contributed by atoms with Crippen molar-refractivity contribution in [3.63, 3.8) is 0 Å². The molecule has 0 saturated carbocycles. The molecule has 1 N–H and O–H groups in total. The number of carbonyl (C=O) groups is 1. The Bertz CT molecular complexity index is 595. The van der Waals surface area contributed by atoms with Gasteiger partial charge >= 0.3 is 5.97 Å². The number of aliphatic carboxylic acids is 1. The van der Waals surface area contributed by atoms with E-state index in [1.165, 1.54) is 4.68 Å². The number of benzene rings is 1. The van der Waals surface area contributed by atoms with E-state index in [9.17, 15) is 9.90 Å². The molecule has 0 amide bonds. The molecule has 1 aromatic heterocycles.